The number of hydrogen-bond donors (Lipinski definition) is 0. The molecule has 2 heterocycles. The van der Waals surface area contributed by atoms with Crippen molar-refractivity contribution in [1.82, 2.24) is 14.9 Å². The van der Waals surface area contributed by atoms with Crippen LogP contribution in [-0.2, 0) is 4.79 Å². The van der Waals surface area contributed by atoms with Crippen LogP contribution in [0.3, 0.4) is 0 Å². The number of carbonyl (C=O) groups is 1. The van der Waals surface area contributed by atoms with Gasteiger partial charge in [0.1, 0.15) is 11.9 Å². The summed E-state index contributed by atoms with van der Waals surface area (Å²) in [6.07, 6.45) is 8.68. The fraction of sp³-hybridized carbons (Fsp3) is 0.632. The lowest BCUT2D eigenvalue weighted by atomic mass is 9.91. The van der Waals surface area contributed by atoms with Crippen molar-refractivity contribution >= 4 is 5.91 Å². The third-order valence-electron chi connectivity index (χ3n) is 5.58. The minimum absolute atomic E-state index is 0.141. The van der Waals surface area contributed by atoms with E-state index in [9.17, 15) is 4.79 Å². The van der Waals surface area contributed by atoms with Gasteiger partial charge in [-0.05, 0) is 38.5 Å². The van der Waals surface area contributed by atoms with Crippen molar-refractivity contribution < 1.29 is 9.53 Å². The zero-order valence-electron chi connectivity index (χ0n) is 14.4. The van der Waals surface area contributed by atoms with Gasteiger partial charge in [-0.3, -0.25) is 4.79 Å². The summed E-state index contributed by atoms with van der Waals surface area (Å²) in [7, 11) is 0. The predicted octanol–water partition coefficient (Wildman–Crippen LogP) is 2.68. The predicted molar refractivity (Wildman–Crippen MR) is 90.6 cm³/mol. The van der Waals surface area contributed by atoms with E-state index in [0.717, 1.165) is 43.9 Å². The van der Waals surface area contributed by atoms with Gasteiger partial charge in [-0.1, -0.05) is 12.2 Å². The molecule has 3 aliphatic rings. The van der Waals surface area contributed by atoms with Crippen molar-refractivity contribution in [1.29, 1.82) is 0 Å². The number of carbonyl (C=O) groups excluding carboxylic acids is 1. The molecular formula is C19H25N3O2. The number of aromatic nitrogens is 2. The van der Waals surface area contributed by atoms with Crippen molar-refractivity contribution in [3.63, 3.8) is 0 Å². The lowest BCUT2D eigenvalue weighted by Crippen LogP contribution is -2.45. The second kappa shape index (κ2) is 6.19. The topological polar surface area (TPSA) is 55.3 Å². The number of nitrogens with zero attached hydrogens (tertiary/aromatic N) is 3. The van der Waals surface area contributed by atoms with Crippen LogP contribution < -0.4 is 4.74 Å². The van der Waals surface area contributed by atoms with Gasteiger partial charge in [0, 0.05) is 43.6 Å². The summed E-state index contributed by atoms with van der Waals surface area (Å²) in [5.41, 5.74) is 0.925. The second-order valence-corrected chi connectivity index (χ2v) is 7.42. The number of piperidine rings is 1. The molecule has 1 saturated carbocycles. The van der Waals surface area contributed by atoms with E-state index in [0.29, 0.717) is 23.6 Å². The van der Waals surface area contributed by atoms with Crippen LogP contribution in [0.1, 0.15) is 37.2 Å². The first-order valence-corrected chi connectivity index (χ1v) is 9.04. The van der Waals surface area contributed by atoms with E-state index in [1.807, 2.05) is 19.9 Å². The number of allylic oxidation sites excluding steroid dienone is 2. The zero-order chi connectivity index (χ0) is 16.7. The molecule has 3 atom stereocenters. The standard InChI is InChI=1S/C19H25N3O2/c1-12-9-18(21-13(2)20-12)24-16-5-7-22(8-6-16)19(23)17-11-14-3-4-15(17)10-14/h3-4,9,14-17H,5-8,10-11H2,1-2H3. The normalized spacial score (nSPS) is 29.2. The average molecular weight is 327 g/mol. The van der Waals surface area contributed by atoms with Crippen molar-refractivity contribution in [2.45, 2.75) is 45.6 Å². The van der Waals surface area contributed by atoms with Gasteiger partial charge in [-0.15, -0.1) is 0 Å². The number of hydrogen-bond acceptors (Lipinski definition) is 4. The summed E-state index contributed by atoms with van der Waals surface area (Å²) >= 11 is 0. The molecule has 1 aromatic rings. The van der Waals surface area contributed by atoms with E-state index in [1.54, 1.807) is 0 Å². The van der Waals surface area contributed by atoms with Gasteiger partial charge in [0.2, 0.25) is 11.8 Å². The van der Waals surface area contributed by atoms with Gasteiger partial charge in [0.15, 0.2) is 0 Å². The number of amides is 1. The molecule has 0 spiro atoms. The Hall–Kier alpha value is -1.91. The quantitative estimate of drug-likeness (QED) is 0.801. The first-order valence-electron chi connectivity index (χ1n) is 9.04. The number of fused-ring (bicyclic) bond motifs is 2. The van der Waals surface area contributed by atoms with Crippen LogP contribution in [0, 0.1) is 31.6 Å². The maximum atomic E-state index is 12.8. The molecule has 5 heteroatoms. The number of ether oxygens (including phenoxy) is 1. The molecule has 1 aromatic heterocycles. The molecule has 1 amide bonds. The van der Waals surface area contributed by atoms with E-state index < -0.39 is 0 Å². The monoisotopic (exact) mass is 327 g/mol. The fourth-order valence-corrected chi connectivity index (χ4v) is 4.41. The van der Waals surface area contributed by atoms with Crippen LogP contribution in [0.5, 0.6) is 5.88 Å². The lowest BCUT2D eigenvalue weighted by Gasteiger charge is -2.34. The minimum Gasteiger partial charge on any atom is -0.474 e. The van der Waals surface area contributed by atoms with Gasteiger partial charge in [-0.2, -0.15) is 4.98 Å². The van der Waals surface area contributed by atoms with Gasteiger partial charge in [0.05, 0.1) is 0 Å². The molecule has 2 fully saturated rings. The first kappa shape index (κ1) is 15.6. The summed E-state index contributed by atoms with van der Waals surface area (Å²) < 4.78 is 6.02. The Morgan fingerprint density at radius 2 is 1.96 bits per heavy atom. The van der Waals surface area contributed by atoms with Crippen molar-refractivity contribution in [2.75, 3.05) is 13.1 Å². The molecule has 128 valence electrons. The van der Waals surface area contributed by atoms with E-state index in [-0.39, 0.29) is 12.0 Å². The van der Waals surface area contributed by atoms with Gasteiger partial charge >= 0.3 is 0 Å². The highest BCUT2D eigenvalue weighted by molar-refractivity contribution is 5.80. The summed E-state index contributed by atoms with van der Waals surface area (Å²) in [4.78, 5) is 23.5. The average Bonchev–Trinajstić information content (AvgIpc) is 3.17. The van der Waals surface area contributed by atoms with Crippen LogP contribution in [0.4, 0.5) is 0 Å². The highest BCUT2D eigenvalue weighted by Gasteiger charge is 2.42. The van der Waals surface area contributed by atoms with Crippen LogP contribution in [0.25, 0.3) is 0 Å². The highest BCUT2D eigenvalue weighted by Crippen LogP contribution is 2.44. The summed E-state index contributed by atoms with van der Waals surface area (Å²) in [5, 5.41) is 0. The second-order valence-electron chi connectivity index (χ2n) is 7.42. The summed E-state index contributed by atoms with van der Waals surface area (Å²) in [6, 6.07) is 1.88. The third-order valence-corrected chi connectivity index (χ3v) is 5.58. The van der Waals surface area contributed by atoms with Gasteiger partial charge in [0.25, 0.3) is 0 Å². The van der Waals surface area contributed by atoms with Crippen LogP contribution in [0.15, 0.2) is 18.2 Å². The Labute approximate surface area is 143 Å². The SMILES string of the molecule is Cc1cc(OC2CCN(C(=O)C3CC4C=CC3C4)CC2)nc(C)n1. The van der Waals surface area contributed by atoms with Crippen LogP contribution >= 0.6 is 0 Å². The van der Waals surface area contributed by atoms with Crippen molar-refractivity contribution in [3.05, 3.63) is 29.7 Å². The molecule has 5 nitrogen and oxygen atoms in total. The molecule has 1 aliphatic heterocycles. The molecule has 24 heavy (non-hydrogen) atoms. The molecule has 3 unspecified atom stereocenters. The molecule has 0 radical (unpaired) electrons. The Bertz CT molecular complexity index is 644. The summed E-state index contributed by atoms with van der Waals surface area (Å²) in [6.45, 7) is 5.42. The van der Waals surface area contributed by atoms with Crippen LogP contribution in [0.2, 0.25) is 0 Å². The largest absolute Gasteiger partial charge is 0.474 e. The van der Waals surface area contributed by atoms with Crippen LogP contribution in [-0.4, -0.2) is 40.0 Å². The Balaban J connectivity index is 1.32. The Morgan fingerprint density at radius 3 is 2.58 bits per heavy atom. The summed E-state index contributed by atoms with van der Waals surface area (Å²) in [5.74, 6) is 3.12. The van der Waals surface area contributed by atoms with E-state index >= 15 is 0 Å². The highest BCUT2D eigenvalue weighted by atomic mass is 16.5. The van der Waals surface area contributed by atoms with Crippen molar-refractivity contribution in [2.24, 2.45) is 17.8 Å². The smallest absolute Gasteiger partial charge is 0.226 e. The molecule has 1 saturated heterocycles. The maximum absolute atomic E-state index is 12.8. The molecule has 0 N–H and O–H groups in total. The van der Waals surface area contributed by atoms with E-state index in [2.05, 4.69) is 27.0 Å². The lowest BCUT2D eigenvalue weighted by molar-refractivity contribution is -0.138. The molecule has 0 aromatic carbocycles. The third kappa shape index (κ3) is 3.04. The van der Waals surface area contributed by atoms with Gasteiger partial charge in [-0.25, -0.2) is 4.98 Å². The zero-order valence-corrected chi connectivity index (χ0v) is 14.4. The first-order chi connectivity index (χ1) is 11.6. The number of likely N-dealkylation sites (tertiary alicyclic amines) is 1. The number of aryl methyl sites for hydroxylation is 2. The Kier molecular flexibility index (Phi) is 4.02. The van der Waals surface area contributed by atoms with E-state index in [1.165, 1.54) is 6.42 Å². The fourth-order valence-electron chi connectivity index (χ4n) is 4.41. The Morgan fingerprint density at radius 1 is 1.17 bits per heavy atom. The molecule has 2 bridgehead atoms. The molecule has 2 aliphatic carbocycles. The minimum atomic E-state index is 0.141. The van der Waals surface area contributed by atoms with Crippen molar-refractivity contribution in [3.8, 4) is 5.88 Å². The maximum Gasteiger partial charge on any atom is 0.226 e. The number of rotatable bonds is 3. The van der Waals surface area contributed by atoms with Gasteiger partial charge < -0.3 is 9.64 Å². The van der Waals surface area contributed by atoms with E-state index in [4.69, 9.17) is 4.74 Å². The molecular weight excluding hydrogens is 302 g/mol. The molecule has 4 rings (SSSR count).